The first-order valence-corrected chi connectivity index (χ1v) is 5.12. The molecule has 1 rings (SSSR count). The number of likely N-dealkylation sites (tertiary alicyclic amines) is 1. The van der Waals surface area contributed by atoms with E-state index in [0.29, 0.717) is 6.61 Å². The van der Waals surface area contributed by atoms with Gasteiger partial charge in [-0.1, -0.05) is 0 Å². The maximum absolute atomic E-state index is 11.2. The van der Waals surface area contributed by atoms with Crippen molar-refractivity contribution in [2.24, 2.45) is 5.73 Å². The number of carbonyl (C=O) groups is 1. The van der Waals surface area contributed by atoms with Crippen LogP contribution in [0, 0.1) is 0 Å². The fourth-order valence-corrected chi connectivity index (χ4v) is 1.51. The average molecular weight is 198 g/mol. The normalized spacial score (nSPS) is 18.1. The first-order valence-electron chi connectivity index (χ1n) is 5.12. The lowest BCUT2D eigenvalue weighted by atomic mass is 10.1. The largest absolute Gasteiger partial charge is 0.461 e. The van der Waals surface area contributed by atoms with Crippen LogP contribution in [0.25, 0.3) is 0 Å². The lowest BCUT2D eigenvalue weighted by Gasteiger charge is -2.25. The van der Waals surface area contributed by atoms with E-state index in [2.05, 4.69) is 4.90 Å². The first-order chi connectivity index (χ1) is 6.74. The number of hydrogen-bond donors (Lipinski definition) is 1. The van der Waals surface area contributed by atoms with Crippen molar-refractivity contribution >= 4 is 5.97 Å². The van der Waals surface area contributed by atoms with Crippen LogP contribution in [-0.4, -0.2) is 30.6 Å². The Morgan fingerprint density at radius 3 is 2.64 bits per heavy atom. The van der Waals surface area contributed by atoms with Crippen molar-refractivity contribution in [3.8, 4) is 0 Å². The molecule has 1 saturated heterocycles. The Bertz CT molecular complexity index is 220. The highest BCUT2D eigenvalue weighted by molar-refractivity contribution is 5.87. The first kappa shape index (κ1) is 10.9. The molecule has 0 aromatic rings. The lowest BCUT2D eigenvalue weighted by molar-refractivity contribution is -0.138. The van der Waals surface area contributed by atoms with Crippen LogP contribution in [0.2, 0.25) is 0 Å². The molecule has 0 unspecified atom stereocenters. The zero-order chi connectivity index (χ0) is 10.4. The van der Waals surface area contributed by atoms with E-state index >= 15 is 0 Å². The maximum Gasteiger partial charge on any atom is 0.355 e. The molecule has 0 aromatic carbocycles. The van der Waals surface area contributed by atoms with E-state index in [4.69, 9.17) is 10.5 Å². The SMILES string of the molecule is CCOC(=O)C(N)=CN1CCCCC1. The fourth-order valence-electron chi connectivity index (χ4n) is 1.51. The standard InChI is InChI=1S/C10H18N2O2/c1-2-14-10(13)9(11)8-12-6-4-3-5-7-12/h8H,2-7,11H2,1H3. The molecule has 4 nitrogen and oxygen atoms in total. The Morgan fingerprint density at radius 2 is 2.07 bits per heavy atom. The zero-order valence-electron chi connectivity index (χ0n) is 8.66. The van der Waals surface area contributed by atoms with Gasteiger partial charge in [-0.15, -0.1) is 0 Å². The maximum atomic E-state index is 11.2. The fraction of sp³-hybridized carbons (Fsp3) is 0.700. The highest BCUT2D eigenvalue weighted by Gasteiger charge is 2.10. The molecule has 0 bridgehead atoms. The van der Waals surface area contributed by atoms with Gasteiger partial charge in [-0.05, 0) is 26.2 Å². The summed E-state index contributed by atoms with van der Waals surface area (Å²) >= 11 is 0. The molecule has 0 saturated carbocycles. The van der Waals surface area contributed by atoms with Gasteiger partial charge in [0.05, 0.1) is 6.61 Å². The van der Waals surface area contributed by atoms with Gasteiger partial charge >= 0.3 is 5.97 Å². The number of nitrogens with zero attached hydrogens (tertiary/aromatic N) is 1. The van der Waals surface area contributed by atoms with Crippen LogP contribution >= 0.6 is 0 Å². The van der Waals surface area contributed by atoms with Crippen molar-refractivity contribution in [3.05, 3.63) is 11.9 Å². The Balaban J connectivity index is 2.44. The average Bonchev–Trinajstić information content (AvgIpc) is 2.19. The van der Waals surface area contributed by atoms with Crippen LogP contribution in [-0.2, 0) is 9.53 Å². The number of rotatable bonds is 3. The van der Waals surface area contributed by atoms with Gasteiger partial charge in [-0.2, -0.15) is 0 Å². The molecular weight excluding hydrogens is 180 g/mol. The van der Waals surface area contributed by atoms with Crippen LogP contribution in [0.4, 0.5) is 0 Å². The predicted octanol–water partition coefficient (Wildman–Crippen LogP) is 0.835. The number of nitrogens with two attached hydrogens (primary N) is 1. The van der Waals surface area contributed by atoms with Crippen molar-refractivity contribution in [2.75, 3.05) is 19.7 Å². The van der Waals surface area contributed by atoms with Crippen LogP contribution in [0.5, 0.6) is 0 Å². The van der Waals surface area contributed by atoms with Gasteiger partial charge in [-0.3, -0.25) is 0 Å². The predicted molar refractivity (Wildman–Crippen MR) is 54.3 cm³/mol. The van der Waals surface area contributed by atoms with Crippen LogP contribution < -0.4 is 5.73 Å². The lowest BCUT2D eigenvalue weighted by Crippen LogP contribution is -2.27. The van der Waals surface area contributed by atoms with Crippen molar-refractivity contribution in [2.45, 2.75) is 26.2 Å². The summed E-state index contributed by atoms with van der Waals surface area (Å²) in [6.45, 7) is 4.11. The van der Waals surface area contributed by atoms with Crippen molar-refractivity contribution in [1.29, 1.82) is 0 Å². The Kier molecular flexibility index (Phi) is 4.29. The quantitative estimate of drug-likeness (QED) is 0.539. The minimum Gasteiger partial charge on any atom is -0.461 e. The molecule has 0 spiro atoms. The van der Waals surface area contributed by atoms with Crippen molar-refractivity contribution < 1.29 is 9.53 Å². The Hall–Kier alpha value is -1.19. The number of esters is 1. The Morgan fingerprint density at radius 1 is 1.43 bits per heavy atom. The topological polar surface area (TPSA) is 55.6 Å². The third-order valence-corrected chi connectivity index (χ3v) is 2.22. The molecule has 0 amide bonds. The molecule has 14 heavy (non-hydrogen) atoms. The molecule has 4 heteroatoms. The minimum atomic E-state index is -0.418. The van der Waals surface area contributed by atoms with E-state index in [1.807, 2.05) is 0 Å². The van der Waals surface area contributed by atoms with E-state index in [9.17, 15) is 4.79 Å². The monoisotopic (exact) mass is 198 g/mol. The minimum absolute atomic E-state index is 0.203. The highest BCUT2D eigenvalue weighted by atomic mass is 16.5. The van der Waals surface area contributed by atoms with Gasteiger partial charge in [0.2, 0.25) is 0 Å². The van der Waals surface area contributed by atoms with Crippen LogP contribution in [0.1, 0.15) is 26.2 Å². The van der Waals surface area contributed by atoms with Gasteiger partial charge in [0.15, 0.2) is 0 Å². The molecule has 2 N–H and O–H groups in total. The van der Waals surface area contributed by atoms with Gasteiger partial charge in [0.25, 0.3) is 0 Å². The van der Waals surface area contributed by atoms with E-state index in [-0.39, 0.29) is 5.70 Å². The third-order valence-electron chi connectivity index (χ3n) is 2.22. The van der Waals surface area contributed by atoms with Crippen molar-refractivity contribution in [1.82, 2.24) is 4.90 Å². The summed E-state index contributed by atoms with van der Waals surface area (Å²) < 4.78 is 4.79. The van der Waals surface area contributed by atoms with E-state index in [0.717, 1.165) is 13.1 Å². The van der Waals surface area contributed by atoms with Crippen LogP contribution in [0.15, 0.2) is 11.9 Å². The number of ether oxygens (including phenoxy) is 1. The molecule has 80 valence electrons. The molecule has 0 aliphatic carbocycles. The summed E-state index contributed by atoms with van der Waals surface area (Å²) in [6, 6.07) is 0. The van der Waals surface area contributed by atoms with Gasteiger partial charge in [0.1, 0.15) is 5.70 Å². The van der Waals surface area contributed by atoms with E-state index in [1.165, 1.54) is 19.3 Å². The van der Waals surface area contributed by atoms with Crippen LogP contribution in [0.3, 0.4) is 0 Å². The number of hydrogen-bond acceptors (Lipinski definition) is 4. The van der Waals surface area contributed by atoms with E-state index in [1.54, 1.807) is 13.1 Å². The smallest absolute Gasteiger partial charge is 0.355 e. The van der Waals surface area contributed by atoms with Gasteiger partial charge < -0.3 is 15.4 Å². The summed E-state index contributed by atoms with van der Waals surface area (Å²) in [6.07, 6.45) is 5.32. The Labute approximate surface area is 84.7 Å². The second kappa shape index (κ2) is 5.52. The summed E-state index contributed by atoms with van der Waals surface area (Å²) in [4.78, 5) is 13.3. The van der Waals surface area contributed by atoms with Crippen molar-refractivity contribution in [3.63, 3.8) is 0 Å². The molecule has 0 aromatic heterocycles. The molecule has 1 aliphatic rings. The molecule has 0 radical (unpaired) electrons. The van der Waals surface area contributed by atoms with Gasteiger partial charge in [-0.25, -0.2) is 4.79 Å². The summed E-state index contributed by atoms with van der Waals surface area (Å²) in [5.41, 5.74) is 5.78. The van der Waals surface area contributed by atoms with Gasteiger partial charge in [0, 0.05) is 19.3 Å². The molecule has 1 fully saturated rings. The second-order valence-corrected chi connectivity index (χ2v) is 3.40. The summed E-state index contributed by atoms with van der Waals surface area (Å²) in [5, 5.41) is 0. The van der Waals surface area contributed by atoms with E-state index < -0.39 is 5.97 Å². The molecule has 1 aliphatic heterocycles. The highest BCUT2D eigenvalue weighted by Crippen LogP contribution is 2.09. The number of piperidine rings is 1. The summed E-state index contributed by atoms with van der Waals surface area (Å²) in [5.74, 6) is -0.418. The third kappa shape index (κ3) is 3.28. The second-order valence-electron chi connectivity index (χ2n) is 3.40. The molecule has 1 heterocycles. The molecular formula is C10H18N2O2. The number of carbonyl (C=O) groups excluding carboxylic acids is 1. The molecule has 0 atom stereocenters. The summed E-state index contributed by atoms with van der Waals surface area (Å²) in [7, 11) is 0. The zero-order valence-corrected chi connectivity index (χ0v) is 8.66.